The Bertz CT molecular complexity index is 1410. The zero-order valence-corrected chi connectivity index (χ0v) is 21.0. The third-order valence-electron chi connectivity index (χ3n) is 6.71. The molecule has 1 aliphatic carbocycles. The molecule has 1 fully saturated rings. The average Bonchev–Trinajstić information content (AvgIpc) is 3.60. The van der Waals surface area contributed by atoms with Crippen LogP contribution in [0.15, 0.2) is 47.3 Å². The maximum absolute atomic E-state index is 13.5. The quantitative estimate of drug-likeness (QED) is 0.509. The number of fused-ring (bicyclic) bond motifs is 1. The van der Waals surface area contributed by atoms with E-state index in [1.54, 1.807) is 48.4 Å². The Morgan fingerprint density at radius 1 is 1.08 bits per heavy atom. The number of hydrogen-bond acceptors (Lipinski definition) is 5. The molecular weight excluding hydrogens is 507 g/mol. The summed E-state index contributed by atoms with van der Waals surface area (Å²) in [5.74, 6) is -0.158. The number of rotatable bonds is 6. The number of benzene rings is 2. The molecule has 1 aliphatic heterocycles. The fraction of sp³-hybridized carbons (Fsp3) is 0.320. The highest BCUT2D eigenvalue weighted by atomic mass is 35.5. The van der Waals surface area contributed by atoms with E-state index in [2.05, 4.69) is 5.32 Å². The first-order chi connectivity index (χ1) is 17.3. The number of amides is 2. The van der Waals surface area contributed by atoms with Gasteiger partial charge in [0.15, 0.2) is 0 Å². The molecule has 9 nitrogen and oxygen atoms in total. The zero-order valence-electron chi connectivity index (χ0n) is 19.5. The van der Waals surface area contributed by atoms with Gasteiger partial charge in [0.2, 0.25) is 0 Å². The van der Waals surface area contributed by atoms with Gasteiger partial charge in [-0.05, 0) is 55.3 Å². The van der Waals surface area contributed by atoms with Gasteiger partial charge in [-0.25, -0.2) is 4.79 Å². The normalized spacial score (nSPS) is 15.8. The van der Waals surface area contributed by atoms with Crippen LogP contribution >= 0.6 is 23.2 Å². The van der Waals surface area contributed by atoms with Crippen molar-refractivity contribution in [2.75, 3.05) is 20.3 Å². The van der Waals surface area contributed by atoms with Crippen molar-refractivity contribution in [3.8, 4) is 11.4 Å². The number of nitrogens with one attached hydrogen (secondary N) is 1. The predicted octanol–water partition coefficient (Wildman–Crippen LogP) is 2.87. The van der Waals surface area contributed by atoms with Crippen LogP contribution in [0, 0.1) is 0 Å². The van der Waals surface area contributed by atoms with E-state index in [1.807, 2.05) is 0 Å². The number of methoxy groups -OCH3 is 1. The summed E-state index contributed by atoms with van der Waals surface area (Å²) in [6.07, 6.45) is 1.31. The van der Waals surface area contributed by atoms with E-state index >= 15 is 0 Å². The maximum atomic E-state index is 13.5. The fourth-order valence-electron chi connectivity index (χ4n) is 4.42. The molecule has 0 saturated heterocycles. The van der Waals surface area contributed by atoms with Crippen LogP contribution in [0.4, 0.5) is 0 Å². The Morgan fingerprint density at radius 3 is 2.42 bits per heavy atom. The number of ether oxygens (including phenoxy) is 1. The summed E-state index contributed by atoms with van der Waals surface area (Å²) in [7, 11) is 1.54. The standard InChI is InChI=1S/C25H24Cl2N4O5/c1-36-17-5-3-16(4-6-17)31-21(22(33)28-25(14-32)8-9-25)20-13-29(10-11-30(20)24(31)35)23(34)15-2-7-18(26)19(27)12-15/h2-7,12,32H,8-11,13-14H2,1H3,(H,28,33). The van der Waals surface area contributed by atoms with E-state index in [4.69, 9.17) is 27.9 Å². The number of carbonyl (C=O) groups excluding carboxylic acids is 2. The molecule has 0 unspecified atom stereocenters. The molecule has 3 aromatic rings. The molecule has 2 heterocycles. The lowest BCUT2D eigenvalue weighted by Crippen LogP contribution is -2.42. The van der Waals surface area contributed by atoms with Crippen molar-refractivity contribution in [1.82, 2.24) is 19.4 Å². The predicted molar refractivity (Wildman–Crippen MR) is 134 cm³/mol. The molecule has 188 valence electrons. The summed E-state index contributed by atoms with van der Waals surface area (Å²) in [5.41, 5.74) is 0.341. The van der Waals surface area contributed by atoms with E-state index in [9.17, 15) is 19.5 Å². The van der Waals surface area contributed by atoms with Crippen LogP contribution in [0.1, 0.15) is 39.4 Å². The van der Waals surface area contributed by atoms with E-state index in [0.717, 1.165) is 0 Å². The average molecular weight is 531 g/mol. The van der Waals surface area contributed by atoms with Gasteiger partial charge >= 0.3 is 5.69 Å². The molecule has 5 rings (SSSR count). The minimum atomic E-state index is -0.684. The van der Waals surface area contributed by atoms with Gasteiger partial charge in [0.25, 0.3) is 11.8 Å². The molecule has 0 bridgehead atoms. The summed E-state index contributed by atoms with van der Waals surface area (Å²) < 4.78 is 8.10. The van der Waals surface area contributed by atoms with Gasteiger partial charge in [0.1, 0.15) is 11.4 Å². The minimum Gasteiger partial charge on any atom is -0.497 e. The van der Waals surface area contributed by atoms with Crippen molar-refractivity contribution in [1.29, 1.82) is 0 Å². The number of aliphatic hydroxyl groups excluding tert-OH is 1. The van der Waals surface area contributed by atoms with E-state index in [0.29, 0.717) is 40.6 Å². The Hall–Kier alpha value is -3.27. The van der Waals surface area contributed by atoms with Crippen molar-refractivity contribution in [2.24, 2.45) is 0 Å². The molecule has 11 heteroatoms. The maximum Gasteiger partial charge on any atom is 0.333 e. The van der Waals surface area contributed by atoms with Gasteiger partial charge in [-0.15, -0.1) is 0 Å². The fourth-order valence-corrected chi connectivity index (χ4v) is 4.72. The first kappa shape index (κ1) is 24.4. The summed E-state index contributed by atoms with van der Waals surface area (Å²) >= 11 is 12.1. The summed E-state index contributed by atoms with van der Waals surface area (Å²) in [5, 5.41) is 13.3. The van der Waals surface area contributed by atoms with Crippen molar-refractivity contribution in [3.63, 3.8) is 0 Å². The van der Waals surface area contributed by atoms with Crippen LogP contribution in [0.25, 0.3) is 5.69 Å². The Morgan fingerprint density at radius 2 is 1.81 bits per heavy atom. The van der Waals surface area contributed by atoms with Gasteiger partial charge in [-0.2, -0.15) is 0 Å². The third-order valence-corrected chi connectivity index (χ3v) is 7.45. The Labute approximate surface area is 216 Å². The molecule has 36 heavy (non-hydrogen) atoms. The van der Waals surface area contributed by atoms with Crippen LogP contribution in [-0.2, 0) is 13.1 Å². The second-order valence-corrected chi connectivity index (χ2v) is 9.83. The molecule has 1 saturated carbocycles. The van der Waals surface area contributed by atoms with Gasteiger partial charge in [-0.1, -0.05) is 23.2 Å². The molecule has 0 radical (unpaired) electrons. The van der Waals surface area contributed by atoms with E-state index in [1.165, 1.54) is 15.2 Å². The zero-order chi connectivity index (χ0) is 25.6. The van der Waals surface area contributed by atoms with Crippen LogP contribution in [0.5, 0.6) is 5.75 Å². The monoisotopic (exact) mass is 530 g/mol. The minimum absolute atomic E-state index is 0.0480. The highest BCUT2D eigenvalue weighted by Crippen LogP contribution is 2.35. The third kappa shape index (κ3) is 4.27. The highest BCUT2D eigenvalue weighted by molar-refractivity contribution is 6.42. The van der Waals surface area contributed by atoms with Crippen LogP contribution in [-0.4, -0.2) is 56.8 Å². The molecule has 2 N–H and O–H groups in total. The number of aromatic nitrogens is 2. The molecule has 0 spiro atoms. The molecule has 2 aromatic carbocycles. The number of halogens is 2. The number of hydrogen-bond donors (Lipinski definition) is 2. The lowest BCUT2D eigenvalue weighted by molar-refractivity contribution is 0.0705. The topological polar surface area (TPSA) is 106 Å². The largest absolute Gasteiger partial charge is 0.497 e. The first-order valence-electron chi connectivity index (χ1n) is 11.4. The molecule has 2 aliphatic rings. The molecule has 0 atom stereocenters. The Kier molecular flexibility index (Phi) is 6.32. The Balaban J connectivity index is 1.56. The molecule has 1 aromatic heterocycles. The number of nitrogens with zero attached hydrogens (tertiary/aromatic N) is 3. The second-order valence-electron chi connectivity index (χ2n) is 9.01. The SMILES string of the molecule is COc1ccc(-n2c(C(=O)NC3(CO)CC3)c3n(c2=O)CCN(C(=O)c2ccc(Cl)c(Cl)c2)C3)cc1. The van der Waals surface area contributed by atoms with Crippen molar-refractivity contribution < 1.29 is 19.4 Å². The first-order valence-corrected chi connectivity index (χ1v) is 12.2. The number of carbonyl (C=O) groups is 2. The smallest absolute Gasteiger partial charge is 0.333 e. The van der Waals surface area contributed by atoms with Crippen LogP contribution in [0.2, 0.25) is 10.0 Å². The van der Waals surface area contributed by atoms with Gasteiger partial charge < -0.3 is 20.1 Å². The summed E-state index contributed by atoms with van der Waals surface area (Å²) in [6, 6.07) is 11.4. The number of imidazole rings is 1. The van der Waals surface area contributed by atoms with E-state index in [-0.39, 0.29) is 48.6 Å². The van der Waals surface area contributed by atoms with Crippen molar-refractivity contribution in [2.45, 2.75) is 31.5 Å². The van der Waals surface area contributed by atoms with Crippen LogP contribution < -0.4 is 15.7 Å². The van der Waals surface area contributed by atoms with Gasteiger partial charge in [0, 0.05) is 18.7 Å². The second kappa shape index (κ2) is 9.31. The van der Waals surface area contributed by atoms with Crippen molar-refractivity contribution in [3.05, 3.63) is 79.9 Å². The van der Waals surface area contributed by atoms with Gasteiger partial charge in [-0.3, -0.25) is 18.7 Å². The van der Waals surface area contributed by atoms with E-state index < -0.39 is 11.4 Å². The number of aliphatic hydroxyl groups is 1. The van der Waals surface area contributed by atoms with Crippen molar-refractivity contribution >= 4 is 35.0 Å². The lowest BCUT2D eigenvalue weighted by Gasteiger charge is -2.28. The lowest BCUT2D eigenvalue weighted by atomic mass is 10.1. The van der Waals surface area contributed by atoms with Crippen LogP contribution in [0.3, 0.4) is 0 Å². The van der Waals surface area contributed by atoms with Gasteiger partial charge in [0.05, 0.1) is 47.2 Å². The molecule has 2 amide bonds. The highest BCUT2D eigenvalue weighted by Gasteiger charge is 2.45. The summed E-state index contributed by atoms with van der Waals surface area (Å²) in [4.78, 5) is 41.9. The molecular formula is C25H24Cl2N4O5. The summed E-state index contributed by atoms with van der Waals surface area (Å²) in [6.45, 7) is 0.353.